The lowest BCUT2D eigenvalue weighted by molar-refractivity contribution is 0.0188. The van der Waals surface area contributed by atoms with E-state index in [9.17, 15) is 0 Å². The van der Waals surface area contributed by atoms with Crippen molar-refractivity contribution in [2.24, 2.45) is 5.73 Å². The molecule has 0 rings (SSSR count). The third-order valence-electron chi connectivity index (χ3n) is 2.21. The van der Waals surface area contributed by atoms with Crippen LogP contribution >= 0.6 is 11.6 Å². The maximum absolute atomic E-state index is 5.95. The summed E-state index contributed by atoms with van der Waals surface area (Å²) >= 11 is 5.95. The number of halogens is 1. The molecule has 0 aromatic carbocycles. The minimum absolute atomic E-state index is 0.0355. The molecular weight excluding hydrogens is 236 g/mol. The Kier molecular flexibility index (Phi) is 8.30. The van der Waals surface area contributed by atoms with E-state index in [-0.39, 0.29) is 18.2 Å². The van der Waals surface area contributed by atoms with Crippen molar-refractivity contribution in [1.29, 1.82) is 0 Å². The average molecular weight is 261 g/mol. The number of allylic oxidation sites excluding steroid dienone is 1. The molecule has 3 N–H and O–H groups in total. The van der Waals surface area contributed by atoms with Crippen molar-refractivity contribution in [1.82, 2.24) is 5.32 Å². The summed E-state index contributed by atoms with van der Waals surface area (Å²) in [5.41, 5.74) is 6.39. The Morgan fingerprint density at radius 3 is 2.47 bits per heavy atom. The molecule has 100 valence electrons. The van der Waals surface area contributed by atoms with Gasteiger partial charge in [0.1, 0.15) is 0 Å². The number of nitrogens with two attached hydrogens (primary N) is 1. The van der Waals surface area contributed by atoms with Crippen LogP contribution in [0.5, 0.6) is 0 Å². The minimum atomic E-state index is 0.0355. The van der Waals surface area contributed by atoms with Crippen LogP contribution in [0.15, 0.2) is 23.4 Å². The van der Waals surface area contributed by atoms with Crippen LogP contribution in [0.25, 0.3) is 0 Å². The van der Waals surface area contributed by atoms with Crippen molar-refractivity contribution < 1.29 is 4.74 Å². The van der Waals surface area contributed by atoms with E-state index >= 15 is 0 Å². The Labute approximate surface area is 110 Å². The zero-order valence-corrected chi connectivity index (χ0v) is 12.1. The van der Waals surface area contributed by atoms with Gasteiger partial charge in [-0.15, -0.1) is 0 Å². The summed E-state index contributed by atoms with van der Waals surface area (Å²) in [7, 11) is 0. The molecule has 2 unspecified atom stereocenters. The lowest BCUT2D eigenvalue weighted by Crippen LogP contribution is -2.36. The SMILES string of the molecule is C=C(Cl)C(C/C=C(\C)N)NCC(C)OC(C)C. The predicted octanol–water partition coefficient (Wildman–Crippen LogP) is 2.76. The van der Waals surface area contributed by atoms with Crippen molar-refractivity contribution in [2.45, 2.75) is 52.4 Å². The average Bonchev–Trinajstić information content (AvgIpc) is 2.15. The fraction of sp³-hybridized carbons (Fsp3) is 0.692. The van der Waals surface area contributed by atoms with Crippen LogP contribution < -0.4 is 11.1 Å². The Hall–Kier alpha value is -0.510. The van der Waals surface area contributed by atoms with Gasteiger partial charge in [-0.1, -0.05) is 24.3 Å². The van der Waals surface area contributed by atoms with Crippen molar-refractivity contribution in [3.05, 3.63) is 23.4 Å². The first-order chi connectivity index (χ1) is 7.82. The van der Waals surface area contributed by atoms with Crippen molar-refractivity contribution in [2.75, 3.05) is 6.54 Å². The fourth-order valence-electron chi connectivity index (χ4n) is 1.45. The lowest BCUT2D eigenvalue weighted by atomic mass is 10.1. The Balaban J connectivity index is 4.09. The molecule has 3 nitrogen and oxygen atoms in total. The Bertz CT molecular complexity index is 260. The maximum atomic E-state index is 5.95. The van der Waals surface area contributed by atoms with Crippen LogP contribution in [0.2, 0.25) is 0 Å². The molecule has 0 heterocycles. The highest BCUT2D eigenvalue weighted by Gasteiger charge is 2.12. The fourth-order valence-corrected chi connectivity index (χ4v) is 1.61. The van der Waals surface area contributed by atoms with Gasteiger partial charge in [0, 0.05) is 23.3 Å². The lowest BCUT2D eigenvalue weighted by Gasteiger charge is -2.21. The molecule has 0 radical (unpaired) electrons. The second kappa shape index (κ2) is 8.56. The summed E-state index contributed by atoms with van der Waals surface area (Å²) in [6.45, 7) is 12.4. The van der Waals surface area contributed by atoms with E-state index in [4.69, 9.17) is 22.1 Å². The van der Waals surface area contributed by atoms with E-state index in [1.54, 1.807) is 0 Å². The molecule has 0 saturated carbocycles. The zero-order chi connectivity index (χ0) is 13.4. The van der Waals surface area contributed by atoms with Gasteiger partial charge in [-0.25, -0.2) is 0 Å². The summed E-state index contributed by atoms with van der Waals surface area (Å²) in [6, 6.07) is 0.0355. The van der Waals surface area contributed by atoms with Gasteiger partial charge in [-0.05, 0) is 34.1 Å². The van der Waals surface area contributed by atoms with Gasteiger partial charge < -0.3 is 15.8 Å². The van der Waals surface area contributed by atoms with Crippen LogP contribution in [0.4, 0.5) is 0 Å². The Morgan fingerprint density at radius 1 is 1.47 bits per heavy atom. The second-order valence-electron chi connectivity index (χ2n) is 4.59. The third-order valence-corrected chi connectivity index (χ3v) is 2.47. The summed E-state index contributed by atoms with van der Waals surface area (Å²) in [5.74, 6) is 0. The molecule has 0 bridgehead atoms. The number of ether oxygens (including phenoxy) is 1. The van der Waals surface area contributed by atoms with Crippen LogP contribution in [0, 0.1) is 0 Å². The number of rotatable bonds is 8. The summed E-state index contributed by atoms with van der Waals surface area (Å²) < 4.78 is 5.63. The quantitative estimate of drug-likeness (QED) is 0.706. The molecule has 0 aliphatic heterocycles. The molecule has 0 aromatic rings. The monoisotopic (exact) mass is 260 g/mol. The highest BCUT2D eigenvalue weighted by atomic mass is 35.5. The zero-order valence-electron chi connectivity index (χ0n) is 11.3. The van der Waals surface area contributed by atoms with E-state index in [0.717, 1.165) is 18.7 Å². The molecular formula is C13H25ClN2O. The molecule has 0 spiro atoms. The van der Waals surface area contributed by atoms with Crippen LogP contribution in [0.3, 0.4) is 0 Å². The molecule has 0 saturated heterocycles. The molecule has 17 heavy (non-hydrogen) atoms. The molecule has 0 aliphatic carbocycles. The first-order valence-electron chi connectivity index (χ1n) is 5.98. The molecule has 2 atom stereocenters. The normalized spacial score (nSPS) is 16.0. The smallest absolute Gasteiger partial charge is 0.0675 e. The van der Waals surface area contributed by atoms with Gasteiger partial charge in [0.2, 0.25) is 0 Å². The van der Waals surface area contributed by atoms with E-state index in [1.807, 2.05) is 33.8 Å². The molecule has 4 heteroatoms. The van der Waals surface area contributed by atoms with Gasteiger partial charge in [0.15, 0.2) is 0 Å². The first kappa shape index (κ1) is 16.5. The topological polar surface area (TPSA) is 47.3 Å². The van der Waals surface area contributed by atoms with Gasteiger partial charge >= 0.3 is 0 Å². The van der Waals surface area contributed by atoms with Gasteiger partial charge in [-0.3, -0.25) is 0 Å². The van der Waals surface area contributed by atoms with Crippen molar-refractivity contribution >= 4 is 11.6 Å². The van der Waals surface area contributed by atoms with Crippen molar-refractivity contribution in [3.63, 3.8) is 0 Å². The number of nitrogens with one attached hydrogen (secondary N) is 1. The molecule has 0 aliphatic rings. The van der Waals surface area contributed by atoms with E-state index < -0.39 is 0 Å². The first-order valence-corrected chi connectivity index (χ1v) is 6.36. The van der Waals surface area contributed by atoms with Gasteiger partial charge in [0.05, 0.1) is 12.2 Å². The van der Waals surface area contributed by atoms with Crippen LogP contribution in [-0.4, -0.2) is 24.8 Å². The second-order valence-corrected chi connectivity index (χ2v) is 5.07. The minimum Gasteiger partial charge on any atom is -0.403 e. The molecule has 0 amide bonds. The van der Waals surface area contributed by atoms with Gasteiger partial charge in [0.25, 0.3) is 0 Å². The van der Waals surface area contributed by atoms with Crippen LogP contribution in [-0.2, 0) is 4.74 Å². The summed E-state index contributed by atoms with van der Waals surface area (Å²) in [5, 5.41) is 3.92. The maximum Gasteiger partial charge on any atom is 0.0675 e. The summed E-state index contributed by atoms with van der Waals surface area (Å²) in [4.78, 5) is 0. The highest BCUT2D eigenvalue weighted by molar-refractivity contribution is 6.29. The van der Waals surface area contributed by atoms with Crippen LogP contribution in [0.1, 0.15) is 34.1 Å². The molecule has 0 fully saturated rings. The molecule has 0 aromatic heterocycles. The highest BCUT2D eigenvalue weighted by Crippen LogP contribution is 2.10. The summed E-state index contributed by atoms with van der Waals surface area (Å²) in [6.07, 6.45) is 3.07. The standard InChI is InChI=1S/C13H25ClN2O/c1-9(2)17-11(4)8-16-13(12(5)14)7-6-10(3)15/h6,9,11,13,16H,5,7-8,15H2,1-4H3/b10-6+. The third kappa shape index (κ3) is 9.22. The largest absolute Gasteiger partial charge is 0.403 e. The Morgan fingerprint density at radius 2 is 2.06 bits per heavy atom. The predicted molar refractivity (Wildman–Crippen MR) is 75.0 cm³/mol. The van der Waals surface area contributed by atoms with Crippen molar-refractivity contribution in [3.8, 4) is 0 Å². The number of hydrogen-bond acceptors (Lipinski definition) is 3. The van der Waals surface area contributed by atoms with E-state index in [2.05, 4.69) is 11.9 Å². The van der Waals surface area contributed by atoms with Gasteiger partial charge in [-0.2, -0.15) is 0 Å². The van der Waals surface area contributed by atoms with E-state index in [0.29, 0.717) is 5.03 Å². The number of hydrogen-bond donors (Lipinski definition) is 2. The van der Waals surface area contributed by atoms with E-state index in [1.165, 1.54) is 0 Å².